The van der Waals surface area contributed by atoms with E-state index in [0.29, 0.717) is 0 Å². The van der Waals surface area contributed by atoms with Crippen molar-refractivity contribution >= 4 is 0 Å². The van der Waals surface area contributed by atoms with Gasteiger partial charge >= 0.3 is 0 Å². The molecule has 0 aliphatic heterocycles. The van der Waals surface area contributed by atoms with Crippen molar-refractivity contribution in [2.75, 3.05) is 0 Å². The number of unbranched alkanes of at least 4 members (excludes halogenated alkanes) is 8. The van der Waals surface area contributed by atoms with Gasteiger partial charge in [-0.15, -0.1) is 0 Å². The van der Waals surface area contributed by atoms with Crippen molar-refractivity contribution in [3.63, 3.8) is 0 Å². The van der Waals surface area contributed by atoms with Crippen LogP contribution in [0.25, 0.3) is 0 Å². The summed E-state index contributed by atoms with van der Waals surface area (Å²) in [6.07, 6.45) is 22.1. The molecule has 0 rings (SSSR count). The third-order valence-corrected chi connectivity index (χ3v) is 2.80. The van der Waals surface area contributed by atoms with Crippen LogP contribution < -0.4 is 0 Å². The first-order valence-electron chi connectivity index (χ1n) is 7.01. The van der Waals surface area contributed by atoms with Crippen molar-refractivity contribution in [2.24, 2.45) is 0 Å². The standard InChI is InChI=1S/C16H29/c1-3-5-7-9-11-13-15-16-14-12-10-8-6-4-2/h3,5,15-16H,1,4,6-14H2,2H3. The highest BCUT2D eigenvalue weighted by Crippen LogP contribution is 2.06. The predicted octanol–water partition coefficient (Wildman–Crippen LogP) is 5.85. The average Bonchev–Trinajstić information content (AvgIpc) is 2.31. The Kier molecular flexibility index (Phi) is 14.0. The summed E-state index contributed by atoms with van der Waals surface area (Å²) in [6, 6.07) is 0. The molecule has 0 aromatic heterocycles. The SMILES string of the molecule is [CH2]C=CCCCCC=CCCCCCCC. The van der Waals surface area contributed by atoms with Crippen molar-refractivity contribution in [2.45, 2.75) is 71.1 Å². The van der Waals surface area contributed by atoms with Gasteiger partial charge in [-0.3, -0.25) is 0 Å². The molecule has 0 unspecified atom stereocenters. The molecule has 0 saturated heterocycles. The Morgan fingerprint density at radius 1 is 0.688 bits per heavy atom. The average molecular weight is 221 g/mol. The Morgan fingerprint density at radius 2 is 1.19 bits per heavy atom. The lowest BCUT2D eigenvalue weighted by atomic mass is 10.1. The summed E-state index contributed by atoms with van der Waals surface area (Å²) in [4.78, 5) is 0. The molecule has 0 heteroatoms. The lowest BCUT2D eigenvalue weighted by molar-refractivity contribution is 0.636. The lowest BCUT2D eigenvalue weighted by Crippen LogP contribution is -1.76. The zero-order chi connectivity index (χ0) is 11.9. The molecule has 0 aliphatic carbocycles. The Labute approximate surface area is 103 Å². The number of hydrogen-bond donors (Lipinski definition) is 0. The fraction of sp³-hybridized carbons (Fsp3) is 0.688. The third kappa shape index (κ3) is 13.5. The molecule has 1 radical (unpaired) electrons. The second kappa shape index (κ2) is 14.5. The van der Waals surface area contributed by atoms with Crippen LogP contribution in [-0.4, -0.2) is 0 Å². The van der Waals surface area contributed by atoms with E-state index in [1.165, 1.54) is 64.2 Å². The highest BCUT2D eigenvalue weighted by Gasteiger charge is 1.87. The Balaban J connectivity index is 3.04. The minimum atomic E-state index is 1.19. The number of allylic oxidation sites excluding steroid dienone is 4. The molecule has 16 heavy (non-hydrogen) atoms. The van der Waals surface area contributed by atoms with E-state index >= 15 is 0 Å². The zero-order valence-corrected chi connectivity index (χ0v) is 11.1. The van der Waals surface area contributed by atoms with Gasteiger partial charge in [0.05, 0.1) is 0 Å². The highest BCUT2D eigenvalue weighted by atomic mass is 13.9. The molecular weight excluding hydrogens is 192 g/mol. The Morgan fingerprint density at radius 3 is 1.75 bits per heavy atom. The van der Waals surface area contributed by atoms with E-state index in [2.05, 4.69) is 32.1 Å². The molecule has 0 N–H and O–H groups in total. The molecule has 93 valence electrons. The monoisotopic (exact) mass is 221 g/mol. The minimum Gasteiger partial charge on any atom is -0.0885 e. The first-order chi connectivity index (χ1) is 7.91. The summed E-state index contributed by atoms with van der Waals surface area (Å²) in [6.45, 7) is 5.95. The van der Waals surface area contributed by atoms with Gasteiger partial charge in [0, 0.05) is 0 Å². The van der Waals surface area contributed by atoms with E-state index in [9.17, 15) is 0 Å². The van der Waals surface area contributed by atoms with Gasteiger partial charge in [-0.2, -0.15) is 0 Å². The summed E-state index contributed by atoms with van der Waals surface area (Å²) in [5.74, 6) is 0. The number of hydrogen-bond acceptors (Lipinski definition) is 0. The van der Waals surface area contributed by atoms with Crippen LogP contribution >= 0.6 is 0 Å². The molecule has 0 heterocycles. The normalized spacial score (nSPS) is 11.9. The molecule has 0 aliphatic rings. The van der Waals surface area contributed by atoms with Crippen LogP contribution in [0.3, 0.4) is 0 Å². The van der Waals surface area contributed by atoms with E-state index in [1.54, 1.807) is 0 Å². The van der Waals surface area contributed by atoms with Crippen molar-refractivity contribution in [1.29, 1.82) is 0 Å². The van der Waals surface area contributed by atoms with Gasteiger partial charge in [-0.05, 0) is 45.4 Å². The maximum Gasteiger partial charge on any atom is -0.0316 e. The van der Waals surface area contributed by atoms with Gasteiger partial charge in [0.15, 0.2) is 0 Å². The van der Waals surface area contributed by atoms with Crippen LogP contribution in [0, 0.1) is 6.92 Å². The molecule has 0 nitrogen and oxygen atoms in total. The first kappa shape index (κ1) is 15.5. The fourth-order valence-corrected chi connectivity index (χ4v) is 1.74. The minimum absolute atomic E-state index is 1.19. The molecule has 0 atom stereocenters. The summed E-state index contributed by atoms with van der Waals surface area (Å²) in [5, 5.41) is 0. The van der Waals surface area contributed by atoms with Crippen LogP contribution in [0.2, 0.25) is 0 Å². The lowest BCUT2D eigenvalue weighted by Gasteiger charge is -1.96. The summed E-state index contributed by atoms with van der Waals surface area (Å²) in [5.41, 5.74) is 0. The highest BCUT2D eigenvalue weighted by molar-refractivity contribution is 4.84. The van der Waals surface area contributed by atoms with Crippen molar-refractivity contribution in [1.82, 2.24) is 0 Å². The largest absolute Gasteiger partial charge is 0.0885 e. The van der Waals surface area contributed by atoms with Crippen LogP contribution in [0.15, 0.2) is 24.3 Å². The third-order valence-electron chi connectivity index (χ3n) is 2.80. The Hall–Kier alpha value is -0.520. The van der Waals surface area contributed by atoms with Crippen molar-refractivity contribution < 1.29 is 0 Å². The number of rotatable bonds is 11. The smallest absolute Gasteiger partial charge is 0.0316 e. The molecule has 0 saturated carbocycles. The van der Waals surface area contributed by atoms with Crippen molar-refractivity contribution in [3.05, 3.63) is 31.2 Å². The fourth-order valence-electron chi connectivity index (χ4n) is 1.74. The molecule has 0 aromatic carbocycles. The van der Waals surface area contributed by atoms with E-state index in [1.807, 2.05) is 6.08 Å². The quantitative estimate of drug-likeness (QED) is 0.303. The van der Waals surface area contributed by atoms with Gasteiger partial charge in [-0.1, -0.05) is 56.9 Å². The van der Waals surface area contributed by atoms with Crippen LogP contribution in [0.4, 0.5) is 0 Å². The zero-order valence-electron chi connectivity index (χ0n) is 11.1. The summed E-state index contributed by atoms with van der Waals surface area (Å²) >= 11 is 0. The Bertz CT molecular complexity index is 165. The van der Waals surface area contributed by atoms with Gasteiger partial charge in [0.1, 0.15) is 0 Å². The second-order valence-electron chi connectivity index (χ2n) is 4.43. The maximum absolute atomic E-state index is 3.68. The van der Waals surface area contributed by atoms with Gasteiger partial charge in [-0.25, -0.2) is 0 Å². The van der Waals surface area contributed by atoms with Gasteiger partial charge in [0.2, 0.25) is 0 Å². The summed E-state index contributed by atoms with van der Waals surface area (Å²) < 4.78 is 0. The topological polar surface area (TPSA) is 0 Å². The molecule has 0 spiro atoms. The first-order valence-corrected chi connectivity index (χ1v) is 7.01. The van der Waals surface area contributed by atoms with Crippen LogP contribution in [0.5, 0.6) is 0 Å². The van der Waals surface area contributed by atoms with Crippen LogP contribution in [0.1, 0.15) is 71.1 Å². The van der Waals surface area contributed by atoms with Gasteiger partial charge < -0.3 is 0 Å². The predicted molar refractivity (Wildman–Crippen MR) is 75.5 cm³/mol. The molecule has 0 amide bonds. The molecule has 0 fully saturated rings. The summed E-state index contributed by atoms with van der Waals surface area (Å²) in [7, 11) is 0. The van der Waals surface area contributed by atoms with E-state index < -0.39 is 0 Å². The van der Waals surface area contributed by atoms with E-state index in [0.717, 1.165) is 0 Å². The van der Waals surface area contributed by atoms with Crippen molar-refractivity contribution in [3.8, 4) is 0 Å². The molecular formula is C16H29. The maximum atomic E-state index is 3.68. The van der Waals surface area contributed by atoms with Crippen LogP contribution in [-0.2, 0) is 0 Å². The van der Waals surface area contributed by atoms with E-state index in [4.69, 9.17) is 0 Å². The molecule has 0 aromatic rings. The molecule has 0 bridgehead atoms. The second-order valence-corrected chi connectivity index (χ2v) is 4.43. The van der Waals surface area contributed by atoms with Gasteiger partial charge in [0.25, 0.3) is 0 Å². The van der Waals surface area contributed by atoms with E-state index in [-0.39, 0.29) is 0 Å².